The molecule has 0 aromatic heterocycles. The minimum absolute atomic E-state index is 0.000000000000000222. The first kappa shape index (κ1) is 6.42. The van der Waals surface area contributed by atoms with Crippen LogP contribution in [0.2, 0.25) is 0 Å². The van der Waals surface area contributed by atoms with Crippen LogP contribution in [0.3, 0.4) is 0 Å². The lowest BCUT2D eigenvalue weighted by atomic mass is 9.96. The Labute approximate surface area is 58.3 Å². The highest BCUT2D eigenvalue weighted by Gasteiger charge is 2.22. The second kappa shape index (κ2) is 1.91. The summed E-state index contributed by atoms with van der Waals surface area (Å²) in [5, 5.41) is 1.96. The van der Waals surface area contributed by atoms with Crippen molar-refractivity contribution in [3.8, 4) is 0 Å². The van der Waals surface area contributed by atoms with E-state index in [1.165, 1.54) is 0 Å². The molecule has 1 heterocycles. The molecule has 1 aliphatic heterocycles. The molecule has 1 aliphatic rings. The maximum absolute atomic E-state index is 10.4. The second-order valence-corrected chi connectivity index (χ2v) is 1.99. The van der Waals surface area contributed by atoms with Gasteiger partial charge in [0, 0.05) is 0 Å². The molecule has 9 heavy (non-hydrogen) atoms. The molecule has 0 atom stereocenters. The van der Waals surface area contributed by atoms with Gasteiger partial charge in [-0.3, -0.25) is 14.9 Å². The minimum atomic E-state index is -0.565. The molecule has 0 saturated carbocycles. The molecule has 5 heteroatoms. The molecule has 2 radical (unpaired) electrons. The first-order valence-electron chi connectivity index (χ1n) is 2.17. The fourth-order valence-electron chi connectivity index (χ4n) is 0.460. The van der Waals surface area contributed by atoms with Crippen LogP contribution in [0.4, 0.5) is 0 Å². The first-order chi connectivity index (χ1) is 4.13. The maximum Gasteiger partial charge on any atom is 0.263 e. The van der Waals surface area contributed by atoms with Crippen LogP contribution in [0.5, 0.6) is 0 Å². The Morgan fingerprint density at radius 1 is 1.33 bits per heavy atom. The van der Waals surface area contributed by atoms with E-state index in [1.807, 2.05) is 5.32 Å². The largest absolute Gasteiger partial charge is 0.289 e. The highest BCUT2D eigenvalue weighted by Crippen LogP contribution is 2.11. The van der Waals surface area contributed by atoms with Crippen LogP contribution in [-0.4, -0.2) is 19.7 Å². The predicted molar refractivity (Wildman–Crippen MR) is 34.9 cm³/mol. The average Bonchev–Trinajstić information content (AvgIpc) is 1.98. The zero-order valence-corrected chi connectivity index (χ0v) is 5.24. The quantitative estimate of drug-likeness (QED) is 0.255. The van der Waals surface area contributed by atoms with Gasteiger partial charge in [-0.05, 0) is 5.47 Å². The van der Waals surface area contributed by atoms with Crippen molar-refractivity contribution in [2.24, 2.45) is 0 Å². The van der Waals surface area contributed by atoms with Gasteiger partial charge in [-0.1, -0.05) is 0 Å². The van der Waals surface area contributed by atoms with Crippen molar-refractivity contribution in [2.45, 2.75) is 0 Å². The maximum atomic E-state index is 10.4. The van der Waals surface area contributed by atoms with Gasteiger partial charge < -0.3 is 0 Å². The molecule has 2 amide bonds. The van der Waals surface area contributed by atoms with Gasteiger partial charge in [-0.25, -0.2) is 0 Å². The number of carbonyl (C=O) groups excluding carboxylic acids is 2. The van der Waals surface area contributed by atoms with Gasteiger partial charge in [0.25, 0.3) is 5.91 Å². The smallest absolute Gasteiger partial charge is 0.263 e. The molecule has 0 fully saturated rings. The lowest BCUT2D eigenvalue weighted by molar-refractivity contribution is -0.123. The van der Waals surface area contributed by atoms with Crippen molar-refractivity contribution < 1.29 is 9.59 Å². The van der Waals surface area contributed by atoms with Crippen molar-refractivity contribution in [1.82, 2.24) is 5.32 Å². The van der Waals surface area contributed by atoms with Gasteiger partial charge in [0.1, 0.15) is 7.85 Å². The Morgan fingerprint density at radius 3 is 2.00 bits per heavy atom. The third kappa shape index (κ3) is 0.874. The third-order valence-electron chi connectivity index (χ3n) is 0.942. The summed E-state index contributed by atoms with van der Waals surface area (Å²) in [6, 6.07) is 0. The molecular formula is C4H2BNO2S. The van der Waals surface area contributed by atoms with E-state index in [0.29, 0.717) is 0 Å². The van der Waals surface area contributed by atoms with E-state index in [9.17, 15) is 9.59 Å². The minimum Gasteiger partial charge on any atom is -0.289 e. The van der Waals surface area contributed by atoms with Crippen LogP contribution in [0.15, 0.2) is 10.4 Å². The molecule has 0 aliphatic carbocycles. The number of nitrogens with one attached hydrogen (secondary N) is 1. The molecule has 0 unspecified atom stereocenters. The number of carbonyl (C=O) groups is 2. The summed E-state index contributed by atoms with van der Waals surface area (Å²) in [4.78, 5) is 20.9. The summed E-state index contributed by atoms with van der Waals surface area (Å²) >= 11 is 3.66. The fraction of sp³-hybridized carbons (Fsp3) is 0. The van der Waals surface area contributed by atoms with E-state index in [2.05, 4.69) is 12.6 Å². The van der Waals surface area contributed by atoms with Crippen LogP contribution in [0.25, 0.3) is 0 Å². The van der Waals surface area contributed by atoms with Crippen LogP contribution < -0.4 is 5.32 Å². The Hall–Kier alpha value is -0.705. The number of hydrogen-bond acceptors (Lipinski definition) is 3. The Bertz CT molecular complexity index is 201. The monoisotopic (exact) mass is 139 g/mol. The van der Waals surface area contributed by atoms with Gasteiger partial charge in [0.15, 0.2) is 0 Å². The molecule has 0 saturated heterocycles. The number of thiol groups is 1. The van der Waals surface area contributed by atoms with E-state index in [-0.39, 0.29) is 10.4 Å². The Kier molecular flexibility index (Phi) is 1.36. The molecule has 44 valence electrons. The molecule has 0 aromatic carbocycles. The van der Waals surface area contributed by atoms with E-state index in [0.717, 1.165) is 0 Å². The molecule has 0 bridgehead atoms. The molecular weight excluding hydrogens is 137 g/mol. The summed E-state index contributed by atoms with van der Waals surface area (Å²) in [6.07, 6.45) is 0. The SMILES string of the molecule is [B]C1=C(S)C(=O)NC1=O. The van der Waals surface area contributed by atoms with Gasteiger partial charge in [-0.2, -0.15) is 0 Å². The van der Waals surface area contributed by atoms with Crippen LogP contribution in [-0.2, 0) is 9.59 Å². The topological polar surface area (TPSA) is 46.2 Å². The highest BCUT2D eigenvalue weighted by molar-refractivity contribution is 7.85. The molecule has 1 N–H and O–H groups in total. The molecule has 0 aromatic rings. The number of amides is 2. The van der Waals surface area contributed by atoms with Gasteiger partial charge in [-0.15, -0.1) is 12.6 Å². The number of hydrogen-bond donors (Lipinski definition) is 2. The normalized spacial score (nSPS) is 18.8. The second-order valence-electron chi connectivity index (χ2n) is 1.55. The lowest BCUT2D eigenvalue weighted by Gasteiger charge is -1.84. The molecule has 1 rings (SSSR count). The van der Waals surface area contributed by atoms with Gasteiger partial charge >= 0.3 is 0 Å². The lowest BCUT2D eigenvalue weighted by Crippen LogP contribution is -2.22. The summed E-state index contributed by atoms with van der Waals surface area (Å²) < 4.78 is 0. The van der Waals surface area contributed by atoms with Gasteiger partial charge in [0.05, 0.1) is 4.91 Å². The Morgan fingerprint density at radius 2 is 1.89 bits per heavy atom. The predicted octanol–water partition coefficient (Wildman–Crippen LogP) is -1.05. The van der Waals surface area contributed by atoms with Crippen LogP contribution in [0.1, 0.15) is 0 Å². The fourth-order valence-corrected chi connectivity index (χ4v) is 0.617. The summed E-state index contributed by atoms with van der Waals surface area (Å²) in [7, 11) is 5.08. The zero-order chi connectivity index (χ0) is 7.02. The van der Waals surface area contributed by atoms with Crippen molar-refractivity contribution in [2.75, 3.05) is 0 Å². The number of rotatable bonds is 0. The van der Waals surface area contributed by atoms with E-state index >= 15 is 0 Å². The highest BCUT2D eigenvalue weighted by atomic mass is 32.1. The van der Waals surface area contributed by atoms with Crippen molar-refractivity contribution in [3.63, 3.8) is 0 Å². The van der Waals surface area contributed by atoms with Crippen molar-refractivity contribution in [3.05, 3.63) is 10.4 Å². The van der Waals surface area contributed by atoms with Gasteiger partial charge in [0.2, 0.25) is 5.91 Å². The molecule has 3 nitrogen and oxygen atoms in total. The van der Waals surface area contributed by atoms with E-state index < -0.39 is 11.8 Å². The standard InChI is InChI=1S/C4H2BNO2S/c5-1-2(9)4(8)6-3(1)7/h(H2,6,7,8,9). The zero-order valence-electron chi connectivity index (χ0n) is 4.34. The molecule has 0 spiro atoms. The summed E-state index contributed by atoms with van der Waals surface area (Å²) in [5.74, 6) is -1.09. The summed E-state index contributed by atoms with van der Waals surface area (Å²) in [6.45, 7) is 0. The third-order valence-corrected chi connectivity index (χ3v) is 1.39. The summed E-state index contributed by atoms with van der Waals surface area (Å²) in [5.41, 5.74) is -0.108. The van der Waals surface area contributed by atoms with Crippen LogP contribution >= 0.6 is 12.6 Å². The number of imide groups is 1. The van der Waals surface area contributed by atoms with Crippen molar-refractivity contribution in [1.29, 1.82) is 0 Å². The average molecular weight is 139 g/mol. The Balaban J connectivity index is 3.06. The van der Waals surface area contributed by atoms with E-state index in [4.69, 9.17) is 7.85 Å². The van der Waals surface area contributed by atoms with E-state index in [1.54, 1.807) is 0 Å². The van der Waals surface area contributed by atoms with Crippen LogP contribution in [0, 0.1) is 0 Å². The van der Waals surface area contributed by atoms with Crippen molar-refractivity contribution >= 4 is 32.3 Å². The first-order valence-corrected chi connectivity index (χ1v) is 2.62.